The molecule has 0 bridgehead atoms. The van der Waals surface area contributed by atoms with Crippen LogP contribution >= 0.6 is 0 Å². The molecular weight excluding hydrogens is 250 g/mol. The molecule has 0 radical (unpaired) electrons. The maximum Gasteiger partial charge on any atom is 0.303 e. The summed E-state index contributed by atoms with van der Waals surface area (Å²) in [6.45, 7) is 1.75. The minimum Gasteiger partial charge on any atom is -0.481 e. The first-order chi connectivity index (χ1) is 8.91. The predicted octanol–water partition coefficient (Wildman–Crippen LogP) is 1.98. The van der Waals surface area contributed by atoms with Gasteiger partial charge < -0.3 is 15.8 Å². The number of hydrogen-bond donors (Lipinski definition) is 3. The number of nitrogens with zero attached hydrogens (tertiary/aromatic N) is 1. The van der Waals surface area contributed by atoms with E-state index in [-0.39, 0.29) is 18.5 Å². The number of aromatic amines is 1. The number of nitrogens with two attached hydrogens (primary N) is 1. The quantitative estimate of drug-likeness (QED) is 0.442. The number of carboxylic acids is 1. The number of aromatic nitrogens is 1. The zero-order valence-electron chi connectivity index (χ0n) is 10.3. The molecule has 2 aromatic rings. The van der Waals surface area contributed by atoms with E-state index in [2.05, 4.69) is 4.98 Å². The van der Waals surface area contributed by atoms with Gasteiger partial charge in [-0.25, -0.2) is 0 Å². The lowest BCUT2D eigenvalue weighted by atomic mass is 10.0. The first-order valence-electron chi connectivity index (χ1n) is 5.67. The van der Waals surface area contributed by atoms with Gasteiger partial charge in [-0.3, -0.25) is 14.9 Å². The molecule has 1 aromatic heterocycles. The zero-order valence-corrected chi connectivity index (χ0v) is 10.3. The molecule has 0 unspecified atom stereocenters. The molecule has 4 N–H and O–H groups in total. The van der Waals surface area contributed by atoms with E-state index in [0.717, 1.165) is 0 Å². The monoisotopic (exact) mass is 263 g/mol. The smallest absolute Gasteiger partial charge is 0.303 e. The summed E-state index contributed by atoms with van der Waals surface area (Å²) in [5, 5.41) is 20.2. The number of carboxylic acid groups (broad SMARTS) is 1. The molecule has 0 fully saturated rings. The molecule has 0 saturated heterocycles. The topological polar surface area (TPSA) is 122 Å². The highest BCUT2D eigenvalue weighted by Gasteiger charge is 2.21. The van der Waals surface area contributed by atoms with Gasteiger partial charge in [-0.15, -0.1) is 0 Å². The Morgan fingerprint density at radius 2 is 2.21 bits per heavy atom. The number of nitrogen functional groups attached to an aromatic ring is 1. The summed E-state index contributed by atoms with van der Waals surface area (Å²) < 4.78 is 0. The molecular formula is C12H13N3O4. The van der Waals surface area contributed by atoms with Crippen LogP contribution in [0.5, 0.6) is 0 Å². The molecule has 0 aliphatic rings. The molecule has 2 rings (SSSR count). The predicted molar refractivity (Wildman–Crippen MR) is 70.1 cm³/mol. The summed E-state index contributed by atoms with van der Waals surface area (Å²) in [5.74, 6) is -0.944. The molecule has 1 heterocycles. The average molecular weight is 263 g/mol. The van der Waals surface area contributed by atoms with Gasteiger partial charge in [0, 0.05) is 18.2 Å². The second-order valence-electron chi connectivity index (χ2n) is 4.30. The summed E-state index contributed by atoms with van der Waals surface area (Å²) in [4.78, 5) is 24.2. The van der Waals surface area contributed by atoms with Crippen LogP contribution < -0.4 is 5.73 Å². The molecule has 7 heteroatoms. The number of nitro groups is 1. The van der Waals surface area contributed by atoms with E-state index in [1.54, 1.807) is 6.92 Å². The van der Waals surface area contributed by atoms with Gasteiger partial charge >= 0.3 is 5.97 Å². The largest absolute Gasteiger partial charge is 0.481 e. The van der Waals surface area contributed by atoms with Crippen LogP contribution in [-0.2, 0) is 11.2 Å². The van der Waals surface area contributed by atoms with Crippen molar-refractivity contribution in [2.75, 3.05) is 5.73 Å². The second kappa shape index (κ2) is 4.60. The Kier molecular flexibility index (Phi) is 3.12. The Morgan fingerprint density at radius 3 is 2.79 bits per heavy atom. The average Bonchev–Trinajstić information content (AvgIpc) is 2.64. The summed E-state index contributed by atoms with van der Waals surface area (Å²) in [7, 11) is 0. The van der Waals surface area contributed by atoms with Crippen molar-refractivity contribution >= 4 is 28.2 Å². The van der Waals surface area contributed by atoms with Gasteiger partial charge in [0.25, 0.3) is 5.69 Å². The number of fused-ring (bicyclic) bond motifs is 1. The normalized spacial score (nSPS) is 10.8. The Bertz CT molecular complexity index is 675. The van der Waals surface area contributed by atoms with Crippen LogP contribution in [0.4, 0.5) is 11.4 Å². The number of aryl methyl sites for hydroxylation is 2. The summed E-state index contributed by atoms with van der Waals surface area (Å²) in [5.41, 5.74) is 7.97. The van der Waals surface area contributed by atoms with Crippen LogP contribution in [-0.4, -0.2) is 21.0 Å². The van der Waals surface area contributed by atoms with Crippen LogP contribution in [0.2, 0.25) is 0 Å². The third kappa shape index (κ3) is 2.22. The number of H-pyrrole nitrogens is 1. The fraction of sp³-hybridized carbons (Fsp3) is 0.250. The summed E-state index contributed by atoms with van der Waals surface area (Å²) in [6, 6.07) is 2.81. The highest BCUT2D eigenvalue weighted by Crippen LogP contribution is 2.34. The van der Waals surface area contributed by atoms with E-state index < -0.39 is 10.9 Å². The van der Waals surface area contributed by atoms with Crippen molar-refractivity contribution in [2.45, 2.75) is 19.8 Å². The van der Waals surface area contributed by atoms with E-state index in [9.17, 15) is 14.9 Å². The molecule has 0 atom stereocenters. The van der Waals surface area contributed by atoms with Crippen molar-refractivity contribution < 1.29 is 14.8 Å². The number of benzene rings is 1. The Morgan fingerprint density at radius 1 is 1.53 bits per heavy atom. The highest BCUT2D eigenvalue weighted by atomic mass is 16.6. The first kappa shape index (κ1) is 12.9. The van der Waals surface area contributed by atoms with E-state index >= 15 is 0 Å². The second-order valence-corrected chi connectivity index (χ2v) is 4.30. The molecule has 0 spiro atoms. The summed E-state index contributed by atoms with van der Waals surface area (Å²) >= 11 is 0. The Balaban J connectivity index is 2.68. The molecule has 0 aliphatic carbocycles. The van der Waals surface area contributed by atoms with Crippen molar-refractivity contribution in [3.63, 3.8) is 0 Å². The lowest BCUT2D eigenvalue weighted by molar-refractivity contribution is -0.383. The number of nitro benzene ring substituents is 1. The first-order valence-corrected chi connectivity index (χ1v) is 5.67. The molecule has 19 heavy (non-hydrogen) atoms. The van der Waals surface area contributed by atoms with Crippen LogP contribution in [0.15, 0.2) is 12.1 Å². The standard InChI is InChI=1S/C12H13N3O4/c1-6-7(2-5-10(16)17)11-9(15(18)19)4-3-8(13)12(11)14-6/h3-4,14H,2,5,13H2,1H3,(H,16,17). The fourth-order valence-corrected chi connectivity index (χ4v) is 2.19. The van der Waals surface area contributed by atoms with E-state index in [0.29, 0.717) is 27.8 Å². The highest BCUT2D eigenvalue weighted by molar-refractivity contribution is 6.00. The molecule has 100 valence electrons. The van der Waals surface area contributed by atoms with E-state index in [4.69, 9.17) is 10.8 Å². The van der Waals surface area contributed by atoms with E-state index in [1.807, 2.05) is 0 Å². The van der Waals surface area contributed by atoms with Crippen molar-refractivity contribution in [3.05, 3.63) is 33.5 Å². The van der Waals surface area contributed by atoms with Crippen molar-refractivity contribution in [2.24, 2.45) is 0 Å². The zero-order chi connectivity index (χ0) is 14.2. The maximum absolute atomic E-state index is 11.1. The Labute approximate surface area is 108 Å². The van der Waals surface area contributed by atoms with Crippen LogP contribution in [0, 0.1) is 17.0 Å². The molecule has 7 nitrogen and oxygen atoms in total. The van der Waals surface area contributed by atoms with Gasteiger partial charge in [0.05, 0.1) is 21.5 Å². The third-order valence-electron chi connectivity index (χ3n) is 3.07. The van der Waals surface area contributed by atoms with E-state index in [1.165, 1.54) is 12.1 Å². The van der Waals surface area contributed by atoms with Gasteiger partial charge in [0.15, 0.2) is 0 Å². The van der Waals surface area contributed by atoms with Gasteiger partial charge in [-0.2, -0.15) is 0 Å². The lowest BCUT2D eigenvalue weighted by Crippen LogP contribution is -1.99. The number of anilines is 1. The Hall–Kier alpha value is -2.57. The number of non-ortho nitro benzene ring substituents is 1. The number of rotatable bonds is 4. The van der Waals surface area contributed by atoms with Gasteiger partial charge in [-0.1, -0.05) is 0 Å². The maximum atomic E-state index is 11.1. The number of aliphatic carboxylic acids is 1. The van der Waals surface area contributed by atoms with Crippen LogP contribution in [0.3, 0.4) is 0 Å². The lowest BCUT2D eigenvalue weighted by Gasteiger charge is -2.01. The summed E-state index contributed by atoms with van der Waals surface area (Å²) in [6.07, 6.45) is 0.144. The minimum atomic E-state index is -0.944. The fourth-order valence-electron chi connectivity index (χ4n) is 2.19. The van der Waals surface area contributed by atoms with Crippen LogP contribution in [0.25, 0.3) is 10.9 Å². The molecule has 0 aliphatic heterocycles. The minimum absolute atomic E-state index is 0.0612. The SMILES string of the molecule is Cc1[nH]c2c(N)ccc([N+](=O)[O-])c2c1CCC(=O)O. The number of carbonyl (C=O) groups is 1. The van der Waals surface area contributed by atoms with Crippen molar-refractivity contribution in [1.29, 1.82) is 0 Å². The molecule has 0 saturated carbocycles. The van der Waals surface area contributed by atoms with Gasteiger partial charge in [0.2, 0.25) is 0 Å². The number of hydrogen-bond acceptors (Lipinski definition) is 4. The van der Waals surface area contributed by atoms with Crippen molar-refractivity contribution in [3.8, 4) is 0 Å². The third-order valence-corrected chi connectivity index (χ3v) is 3.07. The number of nitrogens with one attached hydrogen (secondary N) is 1. The van der Waals surface area contributed by atoms with Crippen molar-refractivity contribution in [1.82, 2.24) is 4.98 Å². The van der Waals surface area contributed by atoms with Crippen LogP contribution in [0.1, 0.15) is 17.7 Å². The molecule has 1 aromatic carbocycles. The van der Waals surface area contributed by atoms with Gasteiger partial charge in [-0.05, 0) is 25.0 Å². The molecule has 0 amide bonds. The van der Waals surface area contributed by atoms with Gasteiger partial charge in [0.1, 0.15) is 0 Å².